The quantitative estimate of drug-likeness (QED) is 0.716. The highest BCUT2D eigenvalue weighted by atomic mass is 19.4. The van der Waals surface area contributed by atoms with Crippen molar-refractivity contribution in [2.24, 2.45) is 0 Å². The summed E-state index contributed by atoms with van der Waals surface area (Å²) in [7, 11) is 0. The molecular weight excluding hydrogens is 223 g/mol. The predicted molar refractivity (Wildman–Crippen MR) is 53.1 cm³/mol. The molecule has 0 heterocycles. The van der Waals surface area contributed by atoms with E-state index in [2.05, 4.69) is 10.1 Å². The van der Waals surface area contributed by atoms with Gasteiger partial charge in [-0.2, -0.15) is 13.2 Å². The maximum absolute atomic E-state index is 11.7. The molecule has 1 aliphatic rings. The van der Waals surface area contributed by atoms with Crippen molar-refractivity contribution in [1.29, 1.82) is 0 Å². The maximum Gasteiger partial charge on any atom is 0.411 e. The highest BCUT2D eigenvalue weighted by molar-refractivity contribution is 4.79. The van der Waals surface area contributed by atoms with Crippen molar-refractivity contribution in [2.75, 3.05) is 19.8 Å². The molecule has 0 aromatic rings. The van der Waals surface area contributed by atoms with Gasteiger partial charge in [0.1, 0.15) is 6.61 Å². The van der Waals surface area contributed by atoms with Crippen LogP contribution in [0.1, 0.15) is 25.7 Å². The first kappa shape index (κ1) is 13.7. The lowest BCUT2D eigenvalue weighted by Gasteiger charge is -2.28. The van der Waals surface area contributed by atoms with Gasteiger partial charge < -0.3 is 15.2 Å². The molecular formula is C10H18F3NO2. The number of aliphatic hydroxyl groups is 1. The van der Waals surface area contributed by atoms with E-state index in [-0.39, 0.29) is 18.8 Å². The molecule has 0 aromatic heterocycles. The highest BCUT2D eigenvalue weighted by Crippen LogP contribution is 2.18. The van der Waals surface area contributed by atoms with E-state index < -0.39 is 12.8 Å². The zero-order valence-electron chi connectivity index (χ0n) is 9.09. The molecule has 0 amide bonds. The Bertz CT molecular complexity index is 199. The molecule has 0 aliphatic heterocycles. The second-order valence-electron chi connectivity index (χ2n) is 4.08. The van der Waals surface area contributed by atoms with Crippen molar-refractivity contribution in [1.82, 2.24) is 5.32 Å². The minimum absolute atomic E-state index is 0.00300. The van der Waals surface area contributed by atoms with Crippen LogP contribution in [0.4, 0.5) is 13.2 Å². The van der Waals surface area contributed by atoms with Gasteiger partial charge in [0.25, 0.3) is 0 Å². The lowest BCUT2D eigenvalue weighted by molar-refractivity contribution is -0.173. The van der Waals surface area contributed by atoms with E-state index >= 15 is 0 Å². The molecule has 0 unspecified atom stereocenters. The zero-order valence-corrected chi connectivity index (χ0v) is 9.09. The Morgan fingerprint density at radius 2 is 1.94 bits per heavy atom. The van der Waals surface area contributed by atoms with E-state index in [9.17, 15) is 18.3 Å². The molecule has 6 heteroatoms. The summed E-state index contributed by atoms with van der Waals surface area (Å²) in [4.78, 5) is 0. The molecule has 0 radical (unpaired) electrons. The Morgan fingerprint density at radius 1 is 1.25 bits per heavy atom. The van der Waals surface area contributed by atoms with Crippen LogP contribution in [-0.2, 0) is 4.74 Å². The average Bonchev–Trinajstić information content (AvgIpc) is 2.18. The monoisotopic (exact) mass is 241 g/mol. The molecule has 0 spiro atoms. The number of alkyl halides is 3. The van der Waals surface area contributed by atoms with Gasteiger partial charge in [-0.15, -0.1) is 0 Å². The van der Waals surface area contributed by atoms with E-state index in [0.717, 1.165) is 25.7 Å². The van der Waals surface area contributed by atoms with Crippen LogP contribution in [-0.4, -0.2) is 43.2 Å². The van der Waals surface area contributed by atoms with Crippen LogP contribution in [0.2, 0.25) is 0 Å². The van der Waals surface area contributed by atoms with E-state index in [0.29, 0.717) is 6.54 Å². The minimum atomic E-state index is -4.26. The lowest BCUT2D eigenvalue weighted by Crippen LogP contribution is -2.43. The number of halogens is 3. The Labute approximate surface area is 93.0 Å². The number of rotatable bonds is 5. The third-order valence-electron chi connectivity index (χ3n) is 2.65. The van der Waals surface area contributed by atoms with Crippen LogP contribution in [0, 0.1) is 0 Å². The van der Waals surface area contributed by atoms with Gasteiger partial charge in [-0.3, -0.25) is 0 Å². The van der Waals surface area contributed by atoms with Gasteiger partial charge >= 0.3 is 6.18 Å². The van der Waals surface area contributed by atoms with Crippen molar-refractivity contribution in [3.05, 3.63) is 0 Å². The minimum Gasteiger partial charge on any atom is -0.392 e. The number of nitrogens with one attached hydrogen (secondary N) is 1. The van der Waals surface area contributed by atoms with Gasteiger partial charge in [-0.1, -0.05) is 12.8 Å². The Balaban J connectivity index is 2.02. The fourth-order valence-corrected chi connectivity index (χ4v) is 1.85. The van der Waals surface area contributed by atoms with Crippen LogP contribution < -0.4 is 5.32 Å². The molecule has 0 saturated heterocycles. The third-order valence-corrected chi connectivity index (χ3v) is 2.65. The van der Waals surface area contributed by atoms with Gasteiger partial charge in [0.05, 0.1) is 12.7 Å². The molecule has 2 atom stereocenters. The second-order valence-corrected chi connectivity index (χ2v) is 4.08. The maximum atomic E-state index is 11.7. The Hall–Kier alpha value is -0.330. The van der Waals surface area contributed by atoms with Crippen LogP contribution >= 0.6 is 0 Å². The van der Waals surface area contributed by atoms with Crippen LogP contribution in [0.5, 0.6) is 0 Å². The summed E-state index contributed by atoms with van der Waals surface area (Å²) in [5.74, 6) is 0. The van der Waals surface area contributed by atoms with Crippen molar-refractivity contribution >= 4 is 0 Å². The summed E-state index contributed by atoms with van der Waals surface area (Å²) < 4.78 is 39.6. The number of aliphatic hydroxyl groups excluding tert-OH is 1. The topological polar surface area (TPSA) is 41.5 Å². The molecule has 1 saturated carbocycles. The summed E-state index contributed by atoms with van der Waals surface area (Å²) in [6, 6.07) is 0.00300. The zero-order chi connectivity index (χ0) is 12.0. The molecule has 3 nitrogen and oxygen atoms in total. The summed E-state index contributed by atoms with van der Waals surface area (Å²) in [5, 5.41) is 12.6. The molecule has 1 aliphatic carbocycles. The molecule has 1 fully saturated rings. The van der Waals surface area contributed by atoms with E-state index in [4.69, 9.17) is 0 Å². The van der Waals surface area contributed by atoms with E-state index in [1.165, 1.54) is 0 Å². The first-order valence-electron chi connectivity index (χ1n) is 5.55. The Morgan fingerprint density at radius 3 is 2.56 bits per heavy atom. The number of hydrogen-bond donors (Lipinski definition) is 2. The molecule has 0 aromatic carbocycles. The average molecular weight is 241 g/mol. The van der Waals surface area contributed by atoms with Crippen molar-refractivity contribution in [3.8, 4) is 0 Å². The van der Waals surface area contributed by atoms with Gasteiger partial charge in [-0.05, 0) is 12.8 Å². The van der Waals surface area contributed by atoms with Gasteiger partial charge in [0.2, 0.25) is 0 Å². The Kier molecular flexibility index (Phi) is 5.51. The fourth-order valence-electron chi connectivity index (χ4n) is 1.85. The summed E-state index contributed by atoms with van der Waals surface area (Å²) in [6.45, 7) is -0.845. The fraction of sp³-hybridized carbons (Fsp3) is 1.00. The smallest absolute Gasteiger partial charge is 0.392 e. The summed E-state index contributed by atoms with van der Waals surface area (Å²) in [5.41, 5.74) is 0. The standard InChI is InChI=1S/C10H18F3NO2/c11-10(12,13)7-16-6-5-14-8-3-1-2-4-9(8)15/h8-9,14-15H,1-7H2/t8-,9-/m1/s1. The predicted octanol–water partition coefficient (Wildman–Crippen LogP) is 1.46. The molecule has 16 heavy (non-hydrogen) atoms. The molecule has 1 rings (SSSR count). The first-order chi connectivity index (χ1) is 7.49. The first-order valence-corrected chi connectivity index (χ1v) is 5.55. The van der Waals surface area contributed by atoms with Crippen LogP contribution in [0.3, 0.4) is 0 Å². The molecule has 0 bridgehead atoms. The van der Waals surface area contributed by atoms with Crippen molar-refractivity contribution in [3.63, 3.8) is 0 Å². The molecule has 96 valence electrons. The van der Waals surface area contributed by atoms with E-state index in [1.54, 1.807) is 0 Å². The van der Waals surface area contributed by atoms with Crippen LogP contribution in [0.25, 0.3) is 0 Å². The normalized spacial score (nSPS) is 27.0. The second kappa shape index (κ2) is 6.42. The number of hydrogen-bond acceptors (Lipinski definition) is 3. The third kappa shape index (κ3) is 5.67. The number of ether oxygens (including phenoxy) is 1. The largest absolute Gasteiger partial charge is 0.411 e. The van der Waals surface area contributed by atoms with Crippen molar-refractivity contribution < 1.29 is 23.0 Å². The van der Waals surface area contributed by atoms with E-state index in [1.807, 2.05) is 0 Å². The summed E-state index contributed by atoms with van der Waals surface area (Å²) >= 11 is 0. The lowest BCUT2D eigenvalue weighted by atomic mass is 9.93. The molecule has 2 N–H and O–H groups in total. The van der Waals surface area contributed by atoms with Crippen LogP contribution in [0.15, 0.2) is 0 Å². The van der Waals surface area contributed by atoms with Gasteiger partial charge in [-0.25, -0.2) is 0 Å². The highest BCUT2D eigenvalue weighted by Gasteiger charge is 2.27. The van der Waals surface area contributed by atoms with Gasteiger partial charge in [0, 0.05) is 12.6 Å². The SMILES string of the molecule is O[C@@H]1CCCC[C@H]1NCCOCC(F)(F)F. The van der Waals surface area contributed by atoms with Crippen molar-refractivity contribution in [2.45, 2.75) is 44.0 Å². The summed E-state index contributed by atoms with van der Waals surface area (Å²) in [6.07, 6.45) is -0.926. The van der Waals surface area contributed by atoms with Gasteiger partial charge in [0.15, 0.2) is 0 Å².